The van der Waals surface area contributed by atoms with Crippen LogP contribution in [0.4, 0.5) is 0 Å². The van der Waals surface area contributed by atoms with Gasteiger partial charge in [-0.2, -0.15) is 0 Å². The molecular weight excluding hydrogens is 364 g/mol. The Bertz CT molecular complexity index is 768. The number of rotatable bonds is 5. The number of allylic oxidation sites excluding steroid dienone is 4. The van der Waals surface area contributed by atoms with Crippen LogP contribution in [-0.4, -0.2) is 8.80 Å². The molecule has 135 valence electrons. The zero-order chi connectivity index (χ0) is 18.9. The summed E-state index contributed by atoms with van der Waals surface area (Å²) in [4.78, 5) is 0. The molecule has 2 aromatic rings. The monoisotopic (exact) mass is 395 g/mol. The zero-order valence-electron chi connectivity index (χ0n) is 17.1. The van der Waals surface area contributed by atoms with E-state index in [2.05, 4.69) is 98.8 Å². The molecule has 0 nitrogen and oxygen atoms in total. The predicted molar refractivity (Wildman–Crippen MR) is 115 cm³/mol. The molecule has 2 heteroatoms. The summed E-state index contributed by atoms with van der Waals surface area (Å²) < 4.78 is 0.372. The van der Waals surface area contributed by atoms with Crippen molar-refractivity contribution in [2.24, 2.45) is 0 Å². The summed E-state index contributed by atoms with van der Waals surface area (Å²) in [6, 6.07) is 24.0. The zero-order valence-corrected chi connectivity index (χ0v) is 19.8. The van der Waals surface area contributed by atoms with Crippen molar-refractivity contribution in [2.75, 3.05) is 0 Å². The van der Waals surface area contributed by atoms with Gasteiger partial charge in [0, 0.05) is 0 Å². The molecule has 0 amide bonds. The van der Waals surface area contributed by atoms with E-state index in [0.717, 1.165) is 0 Å². The first kappa shape index (κ1) is 19.6. The van der Waals surface area contributed by atoms with Gasteiger partial charge in [-0.25, -0.2) is 0 Å². The van der Waals surface area contributed by atoms with Crippen molar-refractivity contribution in [1.29, 1.82) is 0 Å². The molecule has 0 atom stereocenters. The van der Waals surface area contributed by atoms with E-state index in [4.69, 9.17) is 0 Å². The molecule has 0 fully saturated rings. The molecule has 0 heterocycles. The Morgan fingerprint density at radius 3 is 1.42 bits per heavy atom. The second-order valence-electron chi connectivity index (χ2n) is 7.98. The van der Waals surface area contributed by atoms with Gasteiger partial charge in [0.2, 0.25) is 0 Å². The molecule has 3 rings (SSSR count). The van der Waals surface area contributed by atoms with Gasteiger partial charge in [0.25, 0.3) is 0 Å². The average Bonchev–Trinajstić information content (AvgIpc) is 2.83. The predicted octanol–water partition coefficient (Wildman–Crippen LogP) is 5.59. The maximum absolute atomic E-state index is 2.58. The first-order valence-electron chi connectivity index (χ1n) is 9.66. The third-order valence-electron chi connectivity index (χ3n) is 6.74. The van der Waals surface area contributed by atoms with Crippen molar-refractivity contribution in [3.63, 3.8) is 0 Å². The topological polar surface area (TPSA) is 0 Å². The standard InChI is InChI=1S/C22H25Si.2CH3.Ti/c1-16-17(2)19(4)22(18(16)3)15-23(20-11-7-5-8-12-20)21-13-9-6-10-14-21;;;/h5-14,23H,15H2,1-4H3;2*1H3;. The molecule has 0 N–H and O–H groups in total. The van der Waals surface area contributed by atoms with E-state index in [9.17, 15) is 0 Å². The van der Waals surface area contributed by atoms with Gasteiger partial charge < -0.3 is 0 Å². The second kappa shape index (κ2) is 7.84. The molecule has 0 bridgehead atoms. The fourth-order valence-corrected chi connectivity index (χ4v) is 14.5. The minimum atomic E-state index is -1.28. The van der Waals surface area contributed by atoms with Crippen LogP contribution in [0.25, 0.3) is 0 Å². The molecule has 2 aromatic carbocycles. The number of hydrogen-bond acceptors (Lipinski definition) is 0. The molecule has 0 saturated carbocycles. The molecule has 26 heavy (non-hydrogen) atoms. The summed E-state index contributed by atoms with van der Waals surface area (Å²) in [5, 5.41) is 8.33. The van der Waals surface area contributed by atoms with Gasteiger partial charge in [0.15, 0.2) is 0 Å². The average molecular weight is 395 g/mol. The molecule has 0 unspecified atom stereocenters. The fraction of sp³-hybridized carbons (Fsp3) is 0.333. The van der Waals surface area contributed by atoms with Crippen LogP contribution in [0.5, 0.6) is 0 Å². The van der Waals surface area contributed by atoms with Gasteiger partial charge in [0.1, 0.15) is 0 Å². The molecule has 0 aliphatic heterocycles. The Morgan fingerprint density at radius 1 is 0.692 bits per heavy atom. The van der Waals surface area contributed by atoms with E-state index < -0.39 is 26.7 Å². The van der Waals surface area contributed by atoms with Crippen LogP contribution in [0.2, 0.25) is 20.2 Å². The Hall–Kier alpha value is -1.15. The third-order valence-corrected chi connectivity index (χ3v) is 14.9. The van der Waals surface area contributed by atoms with Crippen LogP contribution in [0.1, 0.15) is 27.7 Å². The van der Waals surface area contributed by atoms with E-state index in [1.807, 2.05) is 0 Å². The van der Waals surface area contributed by atoms with Crippen molar-refractivity contribution < 1.29 is 17.9 Å². The van der Waals surface area contributed by atoms with Crippen molar-refractivity contribution in [1.82, 2.24) is 0 Å². The third kappa shape index (κ3) is 3.26. The van der Waals surface area contributed by atoms with E-state index in [1.165, 1.54) is 6.04 Å². The SMILES string of the molecule is CC1=C(C)[C](C[SiH](c2ccccc2)c2ccccc2)([Ti]([CH3])[CH3])C(C)=C1C. The van der Waals surface area contributed by atoms with Crippen LogP contribution >= 0.6 is 0 Å². The molecule has 0 saturated heterocycles. The van der Waals surface area contributed by atoms with Crippen LogP contribution in [-0.2, 0) is 17.9 Å². The summed E-state index contributed by atoms with van der Waals surface area (Å²) in [7, 11) is -1.28. The Balaban J connectivity index is 2.14. The molecule has 0 radical (unpaired) electrons. The second-order valence-corrected chi connectivity index (χ2v) is 15.3. The maximum atomic E-state index is 2.58. The van der Waals surface area contributed by atoms with Crippen LogP contribution < -0.4 is 10.4 Å². The fourth-order valence-electron chi connectivity index (χ4n) is 4.85. The van der Waals surface area contributed by atoms with Crippen LogP contribution in [0.15, 0.2) is 83.0 Å². The van der Waals surface area contributed by atoms with Gasteiger partial charge >= 0.3 is 168 Å². The normalized spacial score (nSPS) is 16.6. The Morgan fingerprint density at radius 2 is 1.08 bits per heavy atom. The summed E-state index contributed by atoms with van der Waals surface area (Å²) in [6.45, 7) is 9.55. The number of hydrogen-bond donors (Lipinski definition) is 0. The summed E-state index contributed by atoms with van der Waals surface area (Å²) in [5.41, 5.74) is 6.48. The summed E-state index contributed by atoms with van der Waals surface area (Å²) in [6.07, 6.45) is 0. The van der Waals surface area contributed by atoms with E-state index in [0.29, 0.717) is 3.72 Å². The van der Waals surface area contributed by atoms with E-state index in [-0.39, 0.29) is 0 Å². The quantitative estimate of drug-likeness (QED) is 0.579. The molecular formula is C24H31SiTi. The minimum absolute atomic E-state index is 0.372. The summed E-state index contributed by atoms with van der Waals surface area (Å²) in [5.74, 6) is 0. The van der Waals surface area contributed by atoms with Gasteiger partial charge in [-0.1, -0.05) is 0 Å². The van der Waals surface area contributed by atoms with Gasteiger partial charge in [-0.05, 0) is 0 Å². The summed E-state index contributed by atoms with van der Waals surface area (Å²) >= 11 is -1.24. The van der Waals surface area contributed by atoms with Crippen molar-refractivity contribution in [3.8, 4) is 0 Å². The van der Waals surface area contributed by atoms with Crippen LogP contribution in [0, 0.1) is 0 Å². The van der Waals surface area contributed by atoms with E-state index in [1.54, 1.807) is 32.7 Å². The number of benzene rings is 2. The van der Waals surface area contributed by atoms with Crippen molar-refractivity contribution in [2.45, 2.75) is 47.9 Å². The van der Waals surface area contributed by atoms with Gasteiger partial charge in [-0.3, -0.25) is 0 Å². The molecule has 1 aliphatic carbocycles. The van der Waals surface area contributed by atoms with E-state index >= 15 is 0 Å². The van der Waals surface area contributed by atoms with Crippen molar-refractivity contribution >= 4 is 19.2 Å². The first-order chi connectivity index (χ1) is 12.4. The molecule has 0 aromatic heterocycles. The van der Waals surface area contributed by atoms with Gasteiger partial charge in [0.05, 0.1) is 0 Å². The first-order valence-corrected chi connectivity index (χ1v) is 15.5. The Labute approximate surface area is 167 Å². The molecule has 0 spiro atoms. The van der Waals surface area contributed by atoms with Gasteiger partial charge in [-0.15, -0.1) is 0 Å². The van der Waals surface area contributed by atoms with Crippen molar-refractivity contribution in [3.05, 3.63) is 83.0 Å². The molecule has 1 aliphatic rings. The van der Waals surface area contributed by atoms with Crippen LogP contribution in [0.3, 0.4) is 0 Å². The Kier molecular flexibility index (Phi) is 5.91.